The molecule has 114 valence electrons. The van der Waals surface area contributed by atoms with Gasteiger partial charge in [0.05, 0.1) is 6.61 Å². The summed E-state index contributed by atoms with van der Waals surface area (Å²) in [5.41, 5.74) is 1.31. The Morgan fingerprint density at radius 2 is 1.95 bits per heavy atom. The van der Waals surface area contributed by atoms with Gasteiger partial charge in [0.2, 0.25) is 0 Å². The molecule has 0 amide bonds. The first-order chi connectivity index (χ1) is 9.77. The van der Waals surface area contributed by atoms with Crippen molar-refractivity contribution in [2.75, 3.05) is 40.5 Å². The standard InChI is InChI=1S/C16H26ClNO2/c1-19-10-4-3-6-15(13-18-9-11-20-2)14-7-5-8-16(17)12-14/h5,7-8,12,15,18H,3-4,6,9-11,13H2,1-2H3. The zero-order valence-electron chi connectivity index (χ0n) is 12.5. The van der Waals surface area contributed by atoms with Crippen molar-refractivity contribution in [3.05, 3.63) is 34.9 Å². The lowest BCUT2D eigenvalue weighted by Gasteiger charge is -2.18. The molecule has 0 saturated carbocycles. The van der Waals surface area contributed by atoms with Gasteiger partial charge in [-0.2, -0.15) is 0 Å². The van der Waals surface area contributed by atoms with Crippen LogP contribution in [0, 0.1) is 0 Å². The van der Waals surface area contributed by atoms with Gasteiger partial charge in [0.15, 0.2) is 0 Å². The Kier molecular flexibility index (Phi) is 9.67. The van der Waals surface area contributed by atoms with E-state index in [-0.39, 0.29) is 0 Å². The van der Waals surface area contributed by atoms with Crippen LogP contribution in [0.1, 0.15) is 30.7 Å². The molecule has 1 rings (SSSR count). The van der Waals surface area contributed by atoms with Gasteiger partial charge in [-0.1, -0.05) is 30.2 Å². The van der Waals surface area contributed by atoms with Gasteiger partial charge in [-0.25, -0.2) is 0 Å². The molecule has 0 fully saturated rings. The number of rotatable bonds is 11. The zero-order chi connectivity index (χ0) is 14.6. The van der Waals surface area contributed by atoms with E-state index in [4.69, 9.17) is 21.1 Å². The first kappa shape index (κ1) is 17.4. The fourth-order valence-electron chi connectivity index (χ4n) is 2.23. The Morgan fingerprint density at radius 1 is 1.15 bits per heavy atom. The maximum Gasteiger partial charge on any atom is 0.0587 e. The van der Waals surface area contributed by atoms with Gasteiger partial charge in [-0.05, 0) is 36.5 Å². The lowest BCUT2D eigenvalue weighted by molar-refractivity contribution is 0.190. The van der Waals surface area contributed by atoms with Crippen LogP contribution in [0.5, 0.6) is 0 Å². The summed E-state index contributed by atoms with van der Waals surface area (Å²) in [6, 6.07) is 8.17. The van der Waals surface area contributed by atoms with Gasteiger partial charge < -0.3 is 14.8 Å². The number of halogens is 1. The number of methoxy groups -OCH3 is 2. The molecule has 0 spiro atoms. The summed E-state index contributed by atoms with van der Waals surface area (Å²) < 4.78 is 10.2. The summed E-state index contributed by atoms with van der Waals surface area (Å²) in [7, 11) is 3.47. The Bertz CT molecular complexity index is 348. The van der Waals surface area contributed by atoms with Crippen molar-refractivity contribution in [3.63, 3.8) is 0 Å². The fourth-order valence-corrected chi connectivity index (χ4v) is 2.43. The Hall–Kier alpha value is -0.610. The molecule has 4 heteroatoms. The molecule has 1 aromatic rings. The first-order valence-electron chi connectivity index (χ1n) is 7.22. The second-order valence-corrected chi connectivity index (χ2v) is 5.37. The van der Waals surface area contributed by atoms with E-state index in [1.165, 1.54) is 5.56 Å². The van der Waals surface area contributed by atoms with Gasteiger partial charge in [-0.3, -0.25) is 0 Å². The molecule has 1 atom stereocenters. The second kappa shape index (κ2) is 11.1. The molecular weight excluding hydrogens is 274 g/mol. The molecule has 0 heterocycles. The molecule has 1 N–H and O–H groups in total. The highest BCUT2D eigenvalue weighted by Gasteiger charge is 2.11. The van der Waals surface area contributed by atoms with Gasteiger partial charge in [0.1, 0.15) is 0 Å². The number of benzene rings is 1. The third kappa shape index (κ3) is 7.25. The van der Waals surface area contributed by atoms with Crippen molar-refractivity contribution in [3.8, 4) is 0 Å². The van der Waals surface area contributed by atoms with Crippen LogP contribution in [0.2, 0.25) is 5.02 Å². The van der Waals surface area contributed by atoms with E-state index >= 15 is 0 Å². The minimum absolute atomic E-state index is 0.488. The van der Waals surface area contributed by atoms with E-state index < -0.39 is 0 Å². The summed E-state index contributed by atoms with van der Waals surface area (Å²) in [6.45, 7) is 3.41. The van der Waals surface area contributed by atoms with Crippen LogP contribution < -0.4 is 5.32 Å². The van der Waals surface area contributed by atoms with E-state index in [1.54, 1.807) is 14.2 Å². The Morgan fingerprint density at radius 3 is 2.65 bits per heavy atom. The predicted octanol–water partition coefficient (Wildman–Crippen LogP) is 3.48. The van der Waals surface area contributed by atoms with Crippen molar-refractivity contribution in [1.82, 2.24) is 5.32 Å². The van der Waals surface area contributed by atoms with Crippen LogP contribution in [0.15, 0.2) is 24.3 Å². The van der Waals surface area contributed by atoms with Crippen LogP contribution in [0.4, 0.5) is 0 Å². The Balaban J connectivity index is 2.49. The average Bonchev–Trinajstić information content (AvgIpc) is 2.45. The highest BCUT2D eigenvalue weighted by molar-refractivity contribution is 6.30. The van der Waals surface area contributed by atoms with Gasteiger partial charge in [0.25, 0.3) is 0 Å². The summed E-state index contributed by atoms with van der Waals surface area (Å²) in [6.07, 6.45) is 3.41. The first-order valence-corrected chi connectivity index (χ1v) is 7.59. The van der Waals surface area contributed by atoms with Crippen molar-refractivity contribution in [2.24, 2.45) is 0 Å². The van der Waals surface area contributed by atoms with Crippen LogP contribution in [0.3, 0.4) is 0 Å². The van der Waals surface area contributed by atoms with Crippen LogP contribution in [-0.2, 0) is 9.47 Å². The minimum atomic E-state index is 0.488. The molecule has 0 radical (unpaired) electrons. The average molecular weight is 300 g/mol. The number of unbranched alkanes of at least 4 members (excludes halogenated alkanes) is 1. The predicted molar refractivity (Wildman–Crippen MR) is 84.7 cm³/mol. The third-order valence-corrected chi connectivity index (χ3v) is 3.58. The largest absolute Gasteiger partial charge is 0.385 e. The topological polar surface area (TPSA) is 30.5 Å². The molecule has 1 unspecified atom stereocenters. The minimum Gasteiger partial charge on any atom is -0.385 e. The second-order valence-electron chi connectivity index (χ2n) is 4.94. The SMILES string of the molecule is COCCCCC(CNCCOC)c1cccc(Cl)c1. The van der Waals surface area contributed by atoms with Gasteiger partial charge in [0, 0.05) is 38.9 Å². The van der Waals surface area contributed by atoms with Crippen molar-refractivity contribution in [1.29, 1.82) is 0 Å². The molecule has 0 aliphatic carbocycles. The van der Waals surface area contributed by atoms with Crippen molar-refractivity contribution >= 4 is 11.6 Å². The molecule has 3 nitrogen and oxygen atoms in total. The lowest BCUT2D eigenvalue weighted by atomic mass is 9.93. The zero-order valence-corrected chi connectivity index (χ0v) is 13.3. The van der Waals surface area contributed by atoms with E-state index in [9.17, 15) is 0 Å². The number of hydrogen-bond donors (Lipinski definition) is 1. The number of ether oxygens (including phenoxy) is 2. The molecule has 0 bridgehead atoms. The maximum absolute atomic E-state index is 6.10. The highest BCUT2D eigenvalue weighted by atomic mass is 35.5. The summed E-state index contributed by atoms with van der Waals surface area (Å²) in [5.74, 6) is 0.488. The van der Waals surface area contributed by atoms with Crippen LogP contribution in [-0.4, -0.2) is 40.5 Å². The van der Waals surface area contributed by atoms with Gasteiger partial charge in [-0.15, -0.1) is 0 Å². The quantitative estimate of drug-likeness (QED) is 0.635. The molecule has 1 aromatic carbocycles. The normalized spacial score (nSPS) is 12.6. The maximum atomic E-state index is 6.10. The monoisotopic (exact) mass is 299 g/mol. The van der Waals surface area contributed by atoms with Gasteiger partial charge >= 0.3 is 0 Å². The lowest BCUT2D eigenvalue weighted by Crippen LogP contribution is -2.25. The molecule has 0 saturated heterocycles. The molecule has 0 aromatic heterocycles. The van der Waals surface area contributed by atoms with E-state index in [0.717, 1.165) is 50.6 Å². The molecule has 0 aliphatic heterocycles. The van der Waals surface area contributed by atoms with Crippen molar-refractivity contribution < 1.29 is 9.47 Å². The number of nitrogens with one attached hydrogen (secondary N) is 1. The summed E-state index contributed by atoms with van der Waals surface area (Å²) in [4.78, 5) is 0. The molecule has 20 heavy (non-hydrogen) atoms. The van der Waals surface area contributed by atoms with E-state index in [1.807, 2.05) is 12.1 Å². The van der Waals surface area contributed by atoms with Crippen molar-refractivity contribution in [2.45, 2.75) is 25.2 Å². The van der Waals surface area contributed by atoms with E-state index in [0.29, 0.717) is 5.92 Å². The highest BCUT2D eigenvalue weighted by Crippen LogP contribution is 2.24. The Labute approximate surface area is 127 Å². The van der Waals surface area contributed by atoms with Crippen LogP contribution >= 0.6 is 11.6 Å². The summed E-state index contributed by atoms with van der Waals surface area (Å²) in [5, 5.41) is 4.25. The molecular formula is C16H26ClNO2. The number of hydrogen-bond acceptors (Lipinski definition) is 3. The van der Waals surface area contributed by atoms with Crippen LogP contribution in [0.25, 0.3) is 0 Å². The summed E-state index contributed by atoms with van der Waals surface area (Å²) >= 11 is 6.10. The smallest absolute Gasteiger partial charge is 0.0587 e. The fraction of sp³-hybridized carbons (Fsp3) is 0.625. The third-order valence-electron chi connectivity index (χ3n) is 3.34. The molecule has 0 aliphatic rings. The van der Waals surface area contributed by atoms with E-state index in [2.05, 4.69) is 17.4 Å².